The number of rotatable bonds is 4. The number of nitrogens with zero attached hydrogens (tertiary/aromatic N) is 1. The Morgan fingerprint density at radius 1 is 1.30 bits per heavy atom. The topological polar surface area (TPSA) is 84.0 Å². The molecule has 0 heterocycles. The van der Waals surface area contributed by atoms with Crippen molar-refractivity contribution in [2.75, 3.05) is 0 Å². The van der Waals surface area contributed by atoms with E-state index in [1.54, 1.807) is 6.07 Å². The molecule has 0 aliphatic heterocycles. The van der Waals surface area contributed by atoms with Crippen molar-refractivity contribution in [3.8, 4) is 6.07 Å². The Kier molecular flexibility index (Phi) is 5.36. The summed E-state index contributed by atoms with van der Waals surface area (Å²) in [6.07, 6.45) is 0.150. The van der Waals surface area contributed by atoms with Crippen LogP contribution in [0, 0.1) is 11.3 Å². The molecular weight excluding hydrogens is 340 g/mol. The van der Waals surface area contributed by atoms with Crippen LogP contribution < -0.4 is 5.14 Å². The monoisotopic (exact) mass is 358 g/mol. The highest BCUT2D eigenvalue weighted by atomic mass is 79.9. The molecule has 0 atom stereocenters. The van der Waals surface area contributed by atoms with Crippen LogP contribution in [0.1, 0.15) is 56.2 Å². The van der Waals surface area contributed by atoms with E-state index >= 15 is 0 Å². The maximum atomic E-state index is 11.9. The fraction of sp³-hybridized carbons (Fsp3) is 0.500. The average Bonchev–Trinajstić information content (AvgIpc) is 2.29. The summed E-state index contributed by atoms with van der Waals surface area (Å²) in [4.78, 5) is 0.129. The van der Waals surface area contributed by atoms with E-state index < -0.39 is 10.0 Å². The lowest BCUT2D eigenvalue weighted by Crippen LogP contribution is -2.18. The lowest BCUT2D eigenvalue weighted by atomic mass is 9.90. The zero-order valence-electron chi connectivity index (χ0n) is 12.1. The molecule has 4 nitrogen and oxygen atoms in total. The first kappa shape index (κ1) is 17.2. The molecule has 2 N–H and O–H groups in total. The number of halogens is 1. The summed E-state index contributed by atoms with van der Waals surface area (Å²) >= 11 is 3.52. The Balaban J connectivity index is 3.89. The average molecular weight is 359 g/mol. The number of sulfonamides is 1. The van der Waals surface area contributed by atoms with Gasteiger partial charge >= 0.3 is 0 Å². The summed E-state index contributed by atoms with van der Waals surface area (Å²) in [6, 6.07) is 3.72. The molecule has 0 saturated carbocycles. The number of hydrogen-bond donors (Lipinski definition) is 1. The summed E-state index contributed by atoms with van der Waals surface area (Å²) in [6.45, 7) is 7.73. The highest BCUT2D eigenvalue weighted by Crippen LogP contribution is 2.37. The molecule has 0 saturated heterocycles. The Morgan fingerprint density at radius 3 is 2.20 bits per heavy atom. The summed E-state index contributed by atoms with van der Waals surface area (Å²) in [7, 11) is -3.82. The summed E-state index contributed by atoms with van der Waals surface area (Å²) in [5.74, 6) is 0.0905. The van der Waals surface area contributed by atoms with Crippen LogP contribution in [0.15, 0.2) is 15.4 Å². The highest BCUT2D eigenvalue weighted by molar-refractivity contribution is 9.10. The van der Waals surface area contributed by atoms with E-state index in [0.29, 0.717) is 5.56 Å². The molecule has 0 bridgehead atoms. The summed E-state index contributed by atoms with van der Waals surface area (Å²) in [5.41, 5.74) is 2.20. The molecule has 110 valence electrons. The molecule has 1 aromatic rings. The van der Waals surface area contributed by atoms with Crippen molar-refractivity contribution in [2.24, 2.45) is 5.14 Å². The van der Waals surface area contributed by atoms with Gasteiger partial charge in [-0.1, -0.05) is 43.6 Å². The molecule has 20 heavy (non-hydrogen) atoms. The van der Waals surface area contributed by atoms with Crippen molar-refractivity contribution in [2.45, 2.75) is 50.8 Å². The molecule has 0 aliphatic carbocycles. The summed E-state index contributed by atoms with van der Waals surface area (Å²) < 4.78 is 24.6. The quantitative estimate of drug-likeness (QED) is 0.894. The molecule has 0 radical (unpaired) electrons. The Bertz CT molecular complexity index is 659. The lowest BCUT2D eigenvalue weighted by Gasteiger charge is -2.21. The van der Waals surface area contributed by atoms with Gasteiger partial charge < -0.3 is 0 Å². The van der Waals surface area contributed by atoms with Crippen molar-refractivity contribution in [3.05, 3.63) is 27.2 Å². The van der Waals surface area contributed by atoms with Crippen LogP contribution in [-0.4, -0.2) is 8.42 Å². The third-order valence-corrected chi connectivity index (χ3v) is 5.04. The van der Waals surface area contributed by atoms with Crippen LogP contribution in [0.4, 0.5) is 0 Å². The van der Waals surface area contributed by atoms with Gasteiger partial charge in [0.2, 0.25) is 10.0 Å². The van der Waals surface area contributed by atoms with Crippen molar-refractivity contribution in [3.63, 3.8) is 0 Å². The van der Waals surface area contributed by atoms with Crippen molar-refractivity contribution in [1.82, 2.24) is 0 Å². The lowest BCUT2D eigenvalue weighted by molar-refractivity contribution is 0.594. The van der Waals surface area contributed by atoms with E-state index in [9.17, 15) is 8.42 Å². The second-order valence-corrected chi connectivity index (χ2v) is 7.68. The summed E-state index contributed by atoms with van der Waals surface area (Å²) in [5, 5.41) is 14.4. The van der Waals surface area contributed by atoms with Crippen LogP contribution in [0.2, 0.25) is 0 Å². The Labute approximate surface area is 129 Å². The van der Waals surface area contributed by atoms with Crippen LogP contribution >= 0.6 is 15.9 Å². The second kappa shape index (κ2) is 6.25. The predicted octanol–water partition coefficient (Wildman–Crippen LogP) is 3.41. The molecule has 0 fully saturated rings. The van der Waals surface area contributed by atoms with E-state index in [4.69, 9.17) is 10.4 Å². The zero-order valence-corrected chi connectivity index (χ0v) is 14.5. The smallest absolute Gasteiger partial charge is 0.225 e. The fourth-order valence-electron chi connectivity index (χ4n) is 2.26. The molecule has 1 rings (SSSR count). The van der Waals surface area contributed by atoms with Gasteiger partial charge in [0.05, 0.1) is 17.4 Å². The Morgan fingerprint density at radius 2 is 1.85 bits per heavy atom. The van der Waals surface area contributed by atoms with E-state index in [-0.39, 0.29) is 23.2 Å². The standard InChI is InChI=1S/C14H19BrN2O2S/c1-8(2)11-7-12(20(17,18)19)13(9(3)4)10(5-6-16)14(11)15/h7-9H,5H2,1-4H3,(H2,17,18,19). The van der Waals surface area contributed by atoms with Gasteiger partial charge in [-0.3, -0.25) is 0 Å². The first-order valence-corrected chi connectivity index (χ1v) is 8.70. The van der Waals surface area contributed by atoms with Crippen LogP contribution in [0.3, 0.4) is 0 Å². The van der Waals surface area contributed by atoms with E-state index in [2.05, 4.69) is 22.0 Å². The minimum absolute atomic E-state index is 0.0378. The minimum Gasteiger partial charge on any atom is -0.225 e. The van der Waals surface area contributed by atoms with Gasteiger partial charge in [0.25, 0.3) is 0 Å². The van der Waals surface area contributed by atoms with Crippen LogP contribution in [0.25, 0.3) is 0 Å². The van der Waals surface area contributed by atoms with Gasteiger partial charge in [-0.15, -0.1) is 0 Å². The second-order valence-electron chi connectivity index (χ2n) is 5.36. The normalized spacial score (nSPS) is 11.9. The molecule has 0 amide bonds. The fourth-order valence-corrected chi connectivity index (χ4v) is 4.15. The third kappa shape index (κ3) is 3.40. The highest BCUT2D eigenvalue weighted by Gasteiger charge is 2.24. The van der Waals surface area contributed by atoms with Gasteiger partial charge in [0.15, 0.2) is 0 Å². The van der Waals surface area contributed by atoms with Crippen molar-refractivity contribution in [1.29, 1.82) is 5.26 Å². The number of primary sulfonamides is 1. The van der Waals surface area contributed by atoms with E-state index in [1.165, 1.54) is 0 Å². The van der Waals surface area contributed by atoms with Gasteiger partial charge in [0.1, 0.15) is 0 Å². The first-order chi connectivity index (χ1) is 9.11. The molecule has 0 unspecified atom stereocenters. The van der Waals surface area contributed by atoms with E-state index in [0.717, 1.165) is 15.6 Å². The van der Waals surface area contributed by atoms with Gasteiger partial charge in [-0.25, -0.2) is 13.6 Å². The molecule has 0 aliphatic rings. The van der Waals surface area contributed by atoms with Gasteiger partial charge in [-0.2, -0.15) is 5.26 Å². The minimum atomic E-state index is -3.82. The molecule has 0 aromatic heterocycles. The first-order valence-electron chi connectivity index (χ1n) is 6.36. The zero-order chi connectivity index (χ0) is 15.7. The predicted molar refractivity (Wildman–Crippen MR) is 83.0 cm³/mol. The maximum Gasteiger partial charge on any atom is 0.238 e. The van der Waals surface area contributed by atoms with E-state index in [1.807, 2.05) is 27.7 Å². The molecular formula is C14H19BrN2O2S. The molecule has 0 spiro atoms. The van der Waals surface area contributed by atoms with Gasteiger partial charge in [0, 0.05) is 4.47 Å². The number of hydrogen-bond acceptors (Lipinski definition) is 3. The number of benzene rings is 1. The SMILES string of the molecule is CC(C)c1cc(S(N)(=O)=O)c(C(C)C)c(CC#N)c1Br. The third-order valence-electron chi connectivity index (χ3n) is 3.16. The molecule has 1 aromatic carbocycles. The molecule has 6 heteroatoms. The van der Waals surface area contributed by atoms with Crippen LogP contribution in [-0.2, 0) is 16.4 Å². The Hall–Kier alpha value is -0.900. The van der Waals surface area contributed by atoms with Crippen molar-refractivity contribution < 1.29 is 8.42 Å². The van der Waals surface area contributed by atoms with Crippen molar-refractivity contribution >= 4 is 26.0 Å². The number of nitrogens with two attached hydrogens (primary N) is 1. The van der Waals surface area contributed by atoms with Crippen LogP contribution in [0.5, 0.6) is 0 Å². The number of nitriles is 1. The maximum absolute atomic E-state index is 11.9. The van der Waals surface area contributed by atoms with Gasteiger partial charge in [-0.05, 0) is 34.6 Å². The largest absolute Gasteiger partial charge is 0.238 e.